The zero-order valence-corrected chi connectivity index (χ0v) is 15.2. The number of aromatic nitrogens is 1. The number of anilines is 1. The fourth-order valence-electron chi connectivity index (χ4n) is 5.26. The maximum atomic E-state index is 12.8. The van der Waals surface area contributed by atoms with Gasteiger partial charge in [0.1, 0.15) is 6.61 Å². The first-order valence-corrected chi connectivity index (χ1v) is 9.70. The SMILES string of the molecule is CC(=O)Nc1nc(COC(=O)C23C[C@H]4C[C@@H](CC(Cl)(C4)C2)C3)cs1. The Kier molecular flexibility index (Phi) is 3.88. The van der Waals surface area contributed by atoms with Crippen molar-refractivity contribution in [3.63, 3.8) is 0 Å². The molecule has 2 atom stereocenters. The second-order valence-corrected chi connectivity index (χ2v) is 9.45. The highest BCUT2D eigenvalue weighted by Crippen LogP contribution is 2.64. The number of halogens is 1. The molecule has 130 valence electrons. The predicted molar refractivity (Wildman–Crippen MR) is 91.9 cm³/mol. The summed E-state index contributed by atoms with van der Waals surface area (Å²) in [5.74, 6) is 0.869. The Morgan fingerprint density at radius 1 is 1.38 bits per heavy atom. The molecule has 0 unspecified atom stereocenters. The van der Waals surface area contributed by atoms with Crippen LogP contribution in [0.3, 0.4) is 0 Å². The zero-order valence-electron chi connectivity index (χ0n) is 13.6. The van der Waals surface area contributed by atoms with Gasteiger partial charge >= 0.3 is 5.97 Å². The van der Waals surface area contributed by atoms with Crippen molar-refractivity contribution in [1.82, 2.24) is 4.98 Å². The van der Waals surface area contributed by atoms with Gasteiger partial charge < -0.3 is 10.1 Å². The van der Waals surface area contributed by atoms with E-state index in [0.29, 0.717) is 22.7 Å². The van der Waals surface area contributed by atoms with E-state index in [-0.39, 0.29) is 28.8 Å². The molecule has 24 heavy (non-hydrogen) atoms. The molecular weight excluding hydrogens is 348 g/mol. The van der Waals surface area contributed by atoms with Crippen LogP contribution in [-0.4, -0.2) is 21.7 Å². The standard InChI is InChI=1S/C17H21ClN2O3S/c1-10(21)19-15-20-13(8-24-15)7-23-14(22)16-3-11-2-12(4-16)6-17(18,5-11)9-16/h8,11-12H,2-7,9H2,1H3,(H,19,20,21)/t11-,12-,16?,17?/m1/s1. The molecule has 1 amide bonds. The van der Waals surface area contributed by atoms with Crippen molar-refractivity contribution in [3.8, 4) is 0 Å². The molecule has 1 aromatic rings. The smallest absolute Gasteiger partial charge is 0.312 e. The minimum Gasteiger partial charge on any atom is -0.459 e. The monoisotopic (exact) mass is 368 g/mol. The van der Waals surface area contributed by atoms with Gasteiger partial charge in [-0.25, -0.2) is 4.98 Å². The van der Waals surface area contributed by atoms with E-state index < -0.39 is 0 Å². The number of ether oxygens (including phenoxy) is 1. The summed E-state index contributed by atoms with van der Waals surface area (Å²) in [6.45, 7) is 1.59. The number of nitrogens with zero attached hydrogens (tertiary/aromatic N) is 1. The minimum absolute atomic E-state index is 0.115. The van der Waals surface area contributed by atoms with E-state index in [9.17, 15) is 9.59 Å². The highest BCUT2D eigenvalue weighted by atomic mass is 35.5. The lowest BCUT2D eigenvalue weighted by Crippen LogP contribution is -2.56. The first-order chi connectivity index (χ1) is 11.4. The summed E-state index contributed by atoms with van der Waals surface area (Å²) < 4.78 is 5.61. The van der Waals surface area contributed by atoms with Crippen molar-refractivity contribution in [2.45, 2.75) is 56.9 Å². The fourth-order valence-corrected chi connectivity index (χ4v) is 6.70. The number of hydrogen-bond donors (Lipinski definition) is 1. The number of nitrogens with one attached hydrogen (secondary N) is 1. The summed E-state index contributed by atoms with van der Waals surface area (Å²) in [6.07, 6.45) is 5.91. The third kappa shape index (κ3) is 2.94. The highest BCUT2D eigenvalue weighted by Gasteiger charge is 2.60. The lowest BCUT2D eigenvalue weighted by Gasteiger charge is -2.58. The van der Waals surface area contributed by atoms with E-state index >= 15 is 0 Å². The molecule has 1 aromatic heterocycles. The second kappa shape index (κ2) is 5.70. The van der Waals surface area contributed by atoms with Crippen LogP contribution in [0.15, 0.2) is 5.38 Å². The Labute approximate surface area is 150 Å². The van der Waals surface area contributed by atoms with Gasteiger partial charge in [-0.15, -0.1) is 22.9 Å². The van der Waals surface area contributed by atoms with Crippen molar-refractivity contribution in [2.24, 2.45) is 17.3 Å². The molecule has 0 saturated heterocycles. The molecule has 0 aliphatic heterocycles. The normalized spacial score (nSPS) is 36.6. The van der Waals surface area contributed by atoms with E-state index in [0.717, 1.165) is 32.1 Å². The third-order valence-electron chi connectivity index (χ3n) is 5.61. The predicted octanol–water partition coefficient (Wildman–Crippen LogP) is 3.72. The summed E-state index contributed by atoms with van der Waals surface area (Å²) >= 11 is 8.11. The number of carbonyl (C=O) groups excluding carboxylic acids is 2. The summed E-state index contributed by atoms with van der Waals surface area (Å²) in [7, 11) is 0. The van der Waals surface area contributed by atoms with E-state index in [1.165, 1.54) is 24.7 Å². The molecule has 4 aliphatic carbocycles. The van der Waals surface area contributed by atoms with Gasteiger partial charge in [0.15, 0.2) is 5.13 Å². The van der Waals surface area contributed by atoms with Crippen LogP contribution in [0.4, 0.5) is 5.13 Å². The fraction of sp³-hybridized carbons (Fsp3) is 0.706. The number of rotatable bonds is 4. The Morgan fingerprint density at radius 2 is 2.08 bits per heavy atom. The van der Waals surface area contributed by atoms with E-state index in [4.69, 9.17) is 16.3 Å². The lowest BCUT2D eigenvalue weighted by molar-refractivity contribution is -0.171. The van der Waals surface area contributed by atoms with Gasteiger partial charge in [0, 0.05) is 17.2 Å². The topological polar surface area (TPSA) is 68.3 Å². The maximum Gasteiger partial charge on any atom is 0.312 e. The van der Waals surface area contributed by atoms with Crippen LogP contribution in [0.5, 0.6) is 0 Å². The molecule has 5 rings (SSSR count). The molecule has 4 saturated carbocycles. The van der Waals surface area contributed by atoms with Crippen LogP contribution >= 0.6 is 22.9 Å². The first kappa shape index (κ1) is 16.3. The number of carbonyl (C=O) groups is 2. The summed E-state index contributed by atoms with van der Waals surface area (Å²) in [6, 6.07) is 0. The first-order valence-electron chi connectivity index (χ1n) is 8.44. The van der Waals surface area contributed by atoms with Gasteiger partial charge in [-0.1, -0.05) is 0 Å². The highest BCUT2D eigenvalue weighted by molar-refractivity contribution is 7.13. The quantitative estimate of drug-likeness (QED) is 0.649. The summed E-state index contributed by atoms with van der Waals surface area (Å²) in [5, 5.41) is 4.97. The summed E-state index contributed by atoms with van der Waals surface area (Å²) in [4.78, 5) is 27.9. The van der Waals surface area contributed by atoms with Crippen LogP contribution in [-0.2, 0) is 20.9 Å². The molecule has 1 N–H and O–H groups in total. The molecular formula is C17H21ClN2O3S. The van der Waals surface area contributed by atoms with Gasteiger partial charge in [-0.3, -0.25) is 9.59 Å². The molecule has 0 radical (unpaired) electrons. The molecule has 1 heterocycles. The largest absolute Gasteiger partial charge is 0.459 e. The number of alkyl halides is 1. The Balaban J connectivity index is 1.41. The van der Waals surface area contributed by atoms with Crippen molar-refractivity contribution in [2.75, 3.05) is 5.32 Å². The number of esters is 1. The Hall–Kier alpha value is -1.14. The Bertz CT molecular complexity index is 675. The van der Waals surface area contributed by atoms with E-state index in [1.54, 1.807) is 5.38 Å². The number of amides is 1. The average molecular weight is 369 g/mol. The van der Waals surface area contributed by atoms with Gasteiger partial charge in [0.25, 0.3) is 0 Å². The van der Waals surface area contributed by atoms with Crippen LogP contribution in [0.1, 0.15) is 51.1 Å². The number of hydrogen-bond acceptors (Lipinski definition) is 5. The van der Waals surface area contributed by atoms with Gasteiger partial charge in [0.05, 0.1) is 11.1 Å². The van der Waals surface area contributed by atoms with Crippen molar-refractivity contribution < 1.29 is 14.3 Å². The average Bonchev–Trinajstić information content (AvgIpc) is 2.88. The van der Waals surface area contributed by atoms with Gasteiger partial charge in [0.2, 0.25) is 5.91 Å². The van der Waals surface area contributed by atoms with Crippen molar-refractivity contribution >= 4 is 39.9 Å². The van der Waals surface area contributed by atoms with Crippen molar-refractivity contribution in [1.29, 1.82) is 0 Å². The lowest BCUT2D eigenvalue weighted by atomic mass is 9.49. The van der Waals surface area contributed by atoms with E-state index in [2.05, 4.69) is 10.3 Å². The van der Waals surface area contributed by atoms with Crippen LogP contribution < -0.4 is 5.32 Å². The van der Waals surface area contributed by atoms with Gasteiger partial charge in [-0.2, -0.15) is 0 Å². The summed E-state index contributed by atoms with van der Waals surface area (Å²) in [5.41, 5.74) is 0.282. The third-order valence-corrected chi connectivity index (χ3v) is 6.86. The molecule has 4 bridgehead atoms. The second-order valence-electron chi connectivity index (χ2n) is 7.79. The molecule has 0 aromatic carbocycles. The molecule has 4 fully saturated rings. The van der Waals surface area contributed by atoms with Crippen LogP contribution in [0, 0.1) is 17.3 Å². The maximum absolute atomic E-state index is 12.8. The molecule has 0 spiro atoms. The molecule has 4 aliphatic rings. The van der Waals surface area contributed by atoms with Crippen molar-refractivity contribution in [3.05, 3.63) is 11.1 Å². The minimum atomic E-state index is -0.387. The zero-order chi connectivity index (χ0) is 16.9. The van der Waals surface area contributed by atoms with Gasteiger partial charge in [-0.05, 0) is 50.4 Å². The molecule has 5 nitrogen and oxygen atoms in total. The van der Waals surface area contributed by atoms with Crippen LogP contribution in [0.25, 0.3) is 0 Å². The molecule has 7 heteroatoms. The Morgan fingerprint density at radius 3 is 2.71 bits per heavy atom. The van der Waals surface area contributed by atoms with E-state index in [1.807, 2.05) is 0 Å². The van der Waals surface area contributed by atoms with Crippen LogP contribution in [0.2, 0.25) is 0 Å². The number of thiazole rings is 1.